The van der Waals surface area contributed by atoms with Gasteiger partial charge in [-0.05, 0) is 41.5 Å². The van der Waals surface area contributed by atoms with Crippen molar-refractivity contribution in [2.24, 2.45) is 0 Å². The fourth-order valence-corrected chi connectivity index (χ4v) is 3.99. The van der Waals surface area contributed by atoms with Crippen LogP contribution in [0.5, 0.6) is 0 Å². The van der Waals surface area contributed by atoms with Crippen molar-refractivity contribution < 1.29 is 8.42 Å². The summed E-state index contributed by atoms with van der Waals surface area (Å²) in [7, 11) is -3.20. The molecule has 0 fully saturated rings. The number of halogens is 1. The molecule has 0 aliphatic carbocycles. The fourth-order valence-electron chi connectivity index (χ4n) is 2.27. The Morgan fingerprint density at radius 2 is 1.92 bits per heavy atom. The summed E-state index contributed by atoms with van der Waals surface area (Å²) in [6, 6.07) is 14.9. The van der Waals surface area contributed by atoms with E-state index in [0.717, 1.165) is 26.2 Å². The largest absolute Gasteiger partial charge is 0.245 e. The Morgan fingerprint density at radius 1 is 1.17 bits per heavy atom. The predicted octanol–water partition coefficient (Wildman–Crippen LogP) is 4.90. The molecule has 0 bridgehead atoms. The maximum Gasteiger partial charge on any atom is 0.175 e. The van der Waals surface area contributed by atoms with Crippen molar-refractivity contribution in [1.82, 2.24) is 4.98 Å². The molecule has 1 heterocycles. The van der Waals surface area contributed by atoms with Crippen LogP contribution in [0.3, 0.4) is 0 Å². The van der Waals surface area contributed by atoms with Crippen LogP contribution in [0.2, 0.25) is 0 Å². The van der Waals surface area contributed by atoms with Crippen molar-refractivity contribution in [3.8, 4) is 0 Å². The Hall–Kier alpha value is -1.76. The van der Waals surface area contributed by atoms with Crippen LogP contribution in [0.1, 0.15) is 16.1 Å². The van der Waals surface area contributed by atoms with Gasteiger partial charge in [0.25, 0.3) is 0 Å². The Labute approximate surface area is 153 Å². The van der Waals surface area contributed by atoms with Crippen LogP contribution >= 0.6 is 27.3 Å². The lowest BCUT2D eigenvalue weighted by molar-refractivity contribution is 0.602. The van der Waals surface area contributed by atoms with Crippen LogP contribution in [0.4, 0.5) is 0 Å². The standard InChI is InChI=1S/C18H14BrNO2S2/c1-24(21,22)16-7-5-14(6-8-16)17(18-20-9-10-23-18)12-13-3-2-4-15(19)11-13/h2-12H,1H3. The number of aromatic nitrogens is 1. The molecule has 0 atom stereocenters. The smallest absolute Gasteiger partial charge is 0.175 e. The van der Waals surface area contributed by atoms with Gasteiger partial charge in [0.2, 0.25) is 0 Å². The molecule has 0 N–H and O–H groups in total. The zero-order chi connectivity index (χ0) is 17.2. The highest BCUT2D eigenvalue weighted by Gasteiger charge is 2.11. The molecule has 1 aromatic heterocycles. The molecule has 2 aromatic carbocycles. The molecule has 0 aliphatic rings. The number of nitrogens with zero attached hydrogens (tertiary/aromatic N) is 1. The van der Waals surface area contributed by atoms with E-state index in [1.165, 1.54) is 6.26 Å². The van der Waals surface area contributed by atoms with Crippen LogP contribution in [0.15, 0.2) is 69.5 Å². The van der Waals surface area contributed by atoms with E-state index < -0.39 is 9.84 Å². The number of hydrogen-bond acceptors (Lipinski definition) is 4. The van der Waals surface area contributed by atoms with Gasteiger partial charge in [0.15, 0.2) is 9.84 Å². The van der Waals surface area contributed by atoms with E-state index in [-0.39, 0.29) is 0 Å². The van der Waals surface area contributed by atoms with Crippen molar-refractivity contribution in [3.63, 3.8) is 0 Å². The third kappa shape index (κ3) is 4.01. The van der Waals surface area contributed by atoms with Gasteiger partial charge in [-0.15, -0.1) is 11.3 Å². The zero-order valence-electron chi connectivity index (χ0n) is 12.8. The molecule has 0 aliphatic heterocycles. The van der Waals surface area contributed by atoms with Crippen LogP contribution < -0.4 is 0 Å². The SMILES string of the molecule is CS(=O)(=O)c1ccc(C(=Cc2cccc(Br)c2)c2nccs2)cc1. The second-order valence-corrected chi connectivity index (χ2v) is 9.07. The van der Waals surface area contributed by atoms with Crippen molar-refractivity contribution in [2.45, 2.75) is 4.90 Å². The van der Waals surface area contributed by atoms with Crippen LogP contribution in [-0.4, -0.2) is 19.7 Å². The van der Waals surface area contributed by atoms with E-state index in [9.17, 15) is 8.42 Å². The highest BCUT2D eigenvalue weighted by molar-refractivity contribution is 9.10. The van der Waals surface area contributed by atoms with Gasteiger partial charge < -0.3 is 0 Å². The molecule has 0 saturated heterocycles. The van der Waals surface area contributed by atoms with Gasteiger partial charge in [0, 0.05) is 27.9 Å². The Balaban J connectivity index is 2.09. The Morgan fingerprint density at radius 3 is 2.50 bits per heavy atom. The molecule has 6 heteroatoms. The maximum atomic E-state index is 11.6. The van der Waals surface area contributed by atoms with Gasteiger partial charge in [-0.25, -0.2) is 13.4 Å². The van der Waals surface area contributed by atoms with Crippen LogP contribution in [-0.2, 0) is 9.84 Å². The summed E-state index contributed by atoms with van der Waals surface area (Å²) in [5.74, 6) is 0. The van der Waals surface area contributed by atoms with E-state index in [0.29, 0.717) is 4.90 Å². The molecule has 122 valence electrons. The summed E-state index contributed by atoms with van der Waals surface area (Å²) < 4.78 is 24.3. The van der Waals surface area contributed by atoms with Crippen LogP contribution in [0.25, 0.3) is 11.6 Å². The van der Waals surface area contributed by atoms with E-state index in [2.05, 4.69) is 27.0 Å². The first-order valence-electron chi connectivity index (χ1n) is 7.11. The lowest BCUT2D eigenvalue weighted by Crippen LogP contribution is -1.97. The van der Waals surface area contributed by atoms with Crippen molar-refractivity contribution in [2.75, 3.05) is 6.26 Å². The number of benzene rings is 2. The minimum absolute atomic E-state index is 0.312. The summed E-state index contributed by atoms with van der Waals surface area (Å²) >= 11 is 5.03. The van der Waals surface area contributed by atoms with Gasteiger partial charge in [0.05, 0.1) is 4.90 Å². The van der Waals surface area contributed by atoms with Gasteiger partial charge in [0.1, 0.15) is 5.01 Å². The second kappa shape index (κ2) is 7.01. The molecule has 3 aromatic rings. The third-order valence-electron chi connectivity index (χ3n) is 3.42. The average molecular weight is 420 g/mol. The maximum absolute atomic E-state index is 11.6. The fraction of sp³-hybridized carbons (Fsp3) is 0.0556. The van der Waals surface area contributed by atoms with Crippen molar-refractivity contribution >= 4 is 48.8 Å². The van der Waals surface area contributed by atoms with Gasteiger partial charge in [-0.2, -0.15) is 0 Å². The number of hydrogen-bond donors (Lipinski definition) is 0. The molecule has 0 spiro atoms. The van der Waals surface area contributed by atoms with E-state index in [4.69, 9.17) is 0 Å². The minimum atomic E-state index is -3.20. The van der Waals surface area contributed by atoms with E-state index in [1.54, 1.807) is 29.7 Å². The lowest BCUT2D eigenvalue weighted by atomic mass is 10.0. The first-order chi connectivity index (χ1) is 11.4. The summed E-state index contributed by atoms with van der Waals surface area (Å²) in [6.45, 7) is 0. The molecular formula is C18H14BrNO2S2. The topological polar surface area (TPSA) is 47.0 Å². The van der Waals surface area contributed by atoms with Gasteiger partial charge in [-0.3, -0.25) is 0 Å². The van der Waals surface area contributed by atoms with Crippen molar-refractivity contribution in [3.05, 3.63) is 80.7 Å². The molecule has 0 unspecified atom stereocenters. The van der Waals surface area contributed by atoms with E-state index in [1.807, 2.05) is 41.8 Å². The quantitative estimate of drug-likeness (QED) is 0.565. The third-order valence-corrected chi connectivity index (χ3v) is 5.84. The van der Waals surface area contributed by atoms with Crippen molar-refractivity contribution in [1.29, 1.82) is 0 Å². The highest BCUT2D eigenvalue weighted by Crippen LogP contribution is 2.29. The first-order valence-corrected chi connectivity index (χ1v) is 10.7. The number of sulfone groups is 1. The number of thiazole rings is 1. The Bertz CT molecular complexity index is 976. The lowest BCUT2D eigenvalue weighted by Gasteiger charge is -2.07. The van der Waals surface area contributed by atoms with Gasteiger partial charge >= 0.3 is 0 Å². The summed E-state index contributed by atoms with van der Waals surface area (Å²) in [5, 5.41) is 2.82. The summed E-state index contributed by atoms with van der Waals surface area (Å²) in [6.07, 6.45) is 5.03. The highest BCUT2D eigenvalue weighted by atomic mass is 79.9. The molecule has 24 heavy (non-hydrogen) atoms. The number of rotatable bonds is 4. The molecular weight excluding hydrogens is 406 g/mol. The molecule has 0 radical (unpaired) electrons. The predicted molar refractivity (Wildman–Crippen MR) is 103 cm³/mol. The average Bonchev–Trinajstić information content (AvgIpc) is 3.06. The van der Waals surface area contributed by atoms with E-state index >= 15 is 0 Å². The minimum Gasteiger partial charge on any atom is -0.245 e. The molecule has 0 saturated carbocycles. The molecule has 3 rings (SSSR count). The monoisotopic (exact) mass is 419 g/mol. The van der Waals surface area contributed by atoms with Crippen LogP contribution in [0, 0.1) is 0 Å². The molecule has 0 amide bonds. The zero-order valence-corrected chi connectivity index (χ0v) is 16.0. The normalized spacial score (nSPS) is 12.3. The molecule has 3 nitrogen and oxygen atoms in total. The Kier molecular flexibility index (Phi) is 4.99. The summed E-state index contributed by atoms with van der Waals surface area (Å²) in [5.41, 5.74) is 2.93. The summed E-state index contributed by atoms with van der Waals surface area (Å²) in [4.78, 5) is 4.72. The first kappa shape index (κ1) is 17.1. The second-order valence-electron chi connectivity index (χ2n) is 5.25. The van der Waals surface area contributed by atoms with Gasteiger partial charge in [-0.1, -0.05) is 40.2 Å².